The Labute approximate surface area is 318 Å². The normalized spacial score (nSPS) is 12.3. The van der Waals surface area contributed by atoms with Crippen LogP contribution in [0.2, 0.25) is 0 Å². The molecular weight excluding hydrogens is 717 g/mol. The molecule has 4 amide bonds. The number of ether oxygens (including phenoxy) is 4. The number of Topliss-reactive ketones (excluding diaryl/α,β-unsaturated/α-hetero) is 1. The van der Waals surface area contributed by atoms with Crippen LogP contribution in [0.4, 0.5) is 0 Å². The SMILES string of the molecule is CC(=O)CN(Cc1ccc2c(c1)OCO2)C(=O)CN(CCCCN)C(=O)CN(Cc1ccc2c(c1)OCO2)C(=O)CN(C=O)CCc1ccc(SN)cc1. The van der Waals surface area contributed by atoms with Gasteiger partial charge < -0.3 is 44.3 Å². The average Bonchev–Trinajstić information content (AvgIpc) is 3.85. The number of benzene rings is 3. The Bertz CT molecular complexity index is 1790. The maximum Gasteiger partial charge on any atom is 0.242 e. The Hall–Kier alpha value is -5.32. The van der Waals surface area contributed by atoms with E-state index in [9.17, 15) is 24.0 Å². The first-order chi connectivity index (χ1) is 26.1. The lowest BCUT2D eigenvalue weighted by Crippen LogP contribution is -2.49. The van der Waals surface area contributed by atoms with Gasteiger partial charge in [-0.15, -0.1) is 0 Å². The number of fused-ring (bicyclic) bond motifs is 2. The van der Waals surface area contributed by atoms with Crippen molar-refractivity contribution in [2.75, 3.05) is 59.4 Å². The van der Waals surface area contributed by atoms with Crippen LogP contribution in [-0.4, -0.2) is 109 Å². The Morgan fingerprint density at radius 2 is 1.19 bits per heavy atom. The van der Waals surface area contributed by atoms with Crippen molar-refractivity contribution >= 4 is 41.9 Å². The molecule has 0 aliphatic carbocycles. The smallest absolute Gasteiger partial charge is 0.242 e. The molecule has 4 N–H and O–H groups in total. The van der Waals surface area contributed by atoms with Crippen molar-refractivity contribution in [3.05, 3.63) is 77.4 Å². The number of unbranched alkanes of at least 4 members (excludes halogenated alkanes) is 1. The second-order valence-corrected chi connectivity index (χ2v) is 13.7. The zero-order chi connectivity index (χ0) is 38.5. The maximum atomic E-state index is 14.1. The molecule has 2 aliphatic rings. The molecule has 0 saturated heterocycles. The van der Waals surface area contributed by atoms with E-state index >= 15 is 0 Å². The minimum atomic E-state index is -0.476. The molecule has 0 bridgehead atoms. The molecule has 15 nitrogen and oxygen atoms in total. The second kappa shape index (κ2) is 19.7. The fraction of sp³-hybridized carbons (Fsp3) is 0.395. The molecule has 3 aromatic carbocycles. The van der Waals surface area contributed by atoms with Crippen molar-refractivity contribution in [3.8, 4) is 23.0 Å². The summed E-state index contributed by atoms with van der Waals surface area (Å²) in [6.07, 6.45) is 2.24. The molecule has 0 saturated carbocycles. The van der Waals surface area contributed by atoms with Gasteiger partial charge in [-0.3, -0.25) is 29.1 Å². The Kier molecular flexibility index (Phi) is 14.5. The van der Waals surface area contributed by atoms with Crippen LogP contribution in [0.5, 0.6) is 23.0 Å². The molecule has 0 radical (unpaired) electrons. The predicted molar refractivity (Wildman–Crippen MR) is 199 cm³/mol. The zero-order valence-corrected chi connectivity index (χ0v) is 31.1. The van der Waals surface area contributed by atoms with Gasteiger partial charge in [0.2, 0.25) is 37.7 Å². The van der Waals surface area contributed by atoms with Crippen molar-refractivity contribution in [2.45, 2.75) is 44.2 Å². The quantitative estimate of drug-likeness (QED) is 0.0918. The topological polar surface area (TPSA) is 187 Å². The summed E-state index contributed by atoms with van der Waals surface area (Å²) in [5.74, 6) is 0.614. The molecule has 54 heavy (non-hydrogen) atoms. The van der Waals surface area contributed by atoms with E-state index in [4.69, 9.17) is 29.8 Å². The van der Waals surface area contributed by atoms with Gasteiger partial charge in [-0.05, 0) is 97.8 Å². The summed E-state index contributed by atoms with van der Waals surface area (Å²) in [6, 6.07) is 18.1. The number of hydrogen-bond donors (Lipinski definition) is 2. The summed E-state index contributed by atoms with van der Waals surface area (Å²) >= 11 is 1.14. The summed E-state index contributed by atoms with van der Waals surface area (Å²) in [5.41, 5.74) is 8.12. The van der Waals surface area contributed by atoms with E-state index < -0.39 is 17.7 Å². The van der Waals surface area contributed by atoms with Gasteiger partial charge in [-0.1, -0.05) is 24.3 Å². The largest absolute Gasteiger partial charge is 0.454 e. The van der Waals surface area contributed by atoms with Gasteiger partial charge in [-0.2, -0.15) is 0 Å². The van der Waals surface area contributed by atoms with E-state index in [2.05, 4.69) is 0 Å². The first-order valence-electron chi connectivity index (χ1n) is 17.6. The van der Waals surface area contributed by atoms with Gasteiger partial charge >= 0.3 is 0 Å². The van der Waals surface area contributed by atoms with Crippen LogP contribution in [0.3, 0.4) is 0 Å². The van der Waals surface area contributed by atoms with Gasteiger partial charge in [0.1, 0.15) is 12.3 Å². The highest BCUT2D eigenvalue weighted by Gasteiger charge is 2.27. The van der Waals surface area contributed by atoms with Crippen molar-refractivity contribution in [3.63, 3.8) is 0 Å². The number of amides is 4. The van der Waals surface area contributed by atoms with Crippen molar-refractivity contribution < 1.29 is 42.9 Å². The maximum absolute atomic E-state index is 14.1. The lowest BCUT2D eigenvalue weighted by atomic mass is 10.1. The second-order valence-electron chi connectivity index (χ2n) is 13.0. The predicted octanol–water partition coefficient (Wildman–Crippen LogP) is 2.32. The van der Waals surface area contributed by atoms with E-state index in [1.807, 2.05) is 24.3 Å². The summed E-state index contributed by atoms with van der Waals surface area (Å²) in [6.45, 7) is 1.42. The number of nitrogens with zero attached hydrogens (tertiary/aromatic N) is 4. The van der Waals surface area contributed by atoms with E-state index in [1.54, 1.807) is 36.4 Å². The van der Waals surface area contributed by atoms with Crippen molar-refractivity contribution in [2.24, 2.45) is 10.9 Å². The molecule has 2 heterocycles. The summed E-state index contributed by atoms with van der Waals surface area (Å²) in [4.78, 5) is 72.7. The van der Waals surface area contributed by atoms with E-state index in [0.29, 0.717) is 60.8 Å². The monoisotopic (exact) mass is 762 g/mol. The molecule has 0 atom stereocenters. The molecular formula is C38H46N6O9S. The van der Waals surface area contributed by atoms with Gasteiger partial charge in [0, 0.05) is 31.1 Å². The number of hydrogen-bond acceptors (Lipinski definition) is 12. The van der Waals surface area contributed by atoms with Crippen LogP contribution in [-0.2, 0) is 43.5 Å². The third-order valence-corrected chi connectivity index (χ3v) is 9.41. The highest BCUT2D eigenvalue weighted by Crippen LogP contribution is 2.34. The molecule has 0 aromatic heterocycles. The van der Waals surface area contributed by atoms with Crippen LogP contribution in [0.15, 0.2) is 65.6 Å². The van der Waals surface area contributed by atoms with Crippen LogP contribution in [0, 0.1) is 0 Å². The molecule has 0 unspecified atom stereocenters. The first kappa shape index (κ1) is 39.9. The van der Waals surface area contributed by atoms with E-state index in [-0.39, 0.29) is 71.7 Å². The van der Waals surface area contributed by atoms with Crippen LogP contribution >= 0.6 is 11.9 Å². The van der Waals surface area contributed by atoms with E-state index in [1.165, 1.54) is 26.5 Å². The third kappa shape index (κ3) is 11.3. The van der Waals surface area contributed by atoms with Gasteiger partial charge in [0.05, 0.1) is 19.6 Å². The zero-order valence-electron chi connectivity index (χ0n) is 30.3. The number of rotatable bonds is 21. The first-order valence-corrected chi connectivity index (χ1v) is 18.5. The fourth-order valence-electron chi connectivity index (χ4n) is 5.97. The third-order valence-electron chi connectivity index (χ3n) is 8.86. The summed E-state index contributed by atoms with van der Waals surface area (Å²) in [5, 5.41) is 5.63. The van der Waals surface area contributed by atoms with Gasteiger partial charge in [-0.25, -0.2) is 0 Å². The number of carbonyl (C=O) groups excluding carboxylic acids is 5. The fourth-order valence-corrected chi connectivity index (χ4v) is 6.26. The van der Waals surface area contributed by atoms with Crippen LogP contribution in [0.25, 0.3) is 0 Å². The molecule has 0 spiro atoms. The summed E-state index contributed by atoms with van der Waals surface area (Å²) < 4.78 is 21.8. The molecule has 2 aliphatic heterocycles. The Morgan fingerprint density at radius 3 is 1.74 bits per heavy atom. The highest BCUT2D eigenvalue weighted by molar-refractivity contribution is 7.97. The van der Waals surface area contributed by atoms with Gasteiger partial charge in [0.15, 0.2) is 23.0 Å². The molecule has 0 fully saturated rings. The molecule has 3 aromatic rings. The lowest BCUT2D eigenvalue weighted by molar-refractivity contribution is -0.146. The highest BCUT2D eigenvalue weighted by atomic mass is 32.2. The Morgan fingerprint density at radius 1 is 0.667 bits per heavy atom. The molecule has 5 rings (SSSR count). The van der Waals surface area contributed by atoms with Crippen LogP contribution < -0.4 is 29.8 Å². The van der Waals surface area contributed by atoms with Crippen LogP contribution in [0.1, 0.15) is 36.5 Å². The Balaban J connectivity index is 1.32. The standard InChI is InChI=1S/C38H46N6O9S/c1-27(46)18-43(19-29-6-10-32-34(16-29)52-25-50-32)38(49)22-42(14-3-2-13-39)37(48)23-44(20-30-7-11-33-35(17-30)53-26-51-33)36(47)21-41(24-45)15-12-28-4-8-31(54-40)9-5-28/h4-11,16-17,24H,2-3,12-15,18-23,25-26,39-40H2,1H3. The lowest BCUT2D eigenvalue weighted by Gasteiger charge is -2.30. The number of carbonyl (C=O) groups is 5. The average molecular weight is 763 g/mol. The minimum absolute atomic E-state index is 0.0251. The summed E-state index contributed by atoms with van der Waals surface area (Å²) in [7, 11) is 0. The molecule has 16 heteroatoms. The van der Waals surface area contributed by atoms with E-state index in [0.717, 1.165) is 28.0 Å². The van der Waals surface area contributed by atoms with Crippen molar-refractivity contribution in [1.29, 1.82) is 0 Å². The van der Waals surface area contributed by atoms with Crippen molar-refractivity contribution in [1.82, 2.24) is 19.6 Å². The molecule has 288 valence electrons. The van der Waals surface area contributed by atoms with Gasteiger partial charge in [0.25, 0.3) is 0 Å². The number of ketones is 1. The minimum Gasteiger partial charge on any atom is -0.454 e. The number of nitrogens with two attached hydrogens (primary N) is 2.